The monoisotopic (exact) mass is 429 g/mol. The zero-order chi connectivity index (χ0) is 19.8. The van der Waals surface area contributed by atoms with E-state index < -0.39 is 11.9 Å². The summed E-state index contributed by atoms with van der Waals surface area (Å²) < 4.78 is 6.24. The lowest BCUT2D eigenvalue weighted by molar-refractivity contribution is -0.138. The number of halogens is 1. The normalized spacial score (nSPS) is 21.5. The summed E-state index contributed by atoms with van der Waals surface area (Å²) in [5.41, 5.74) is 3.62. The molecule has 5 heteroatoms. The Morgan fingerprint density at radius 1 is 1.41 bits per heavy atom. The molecule has 0 saturated heterocycles. The van der Waals surface area contributed by atoms with Crippen LogP contribution in [0.4, 0.5) is 0 Å². The predicted octanol–water partition coefficient (Wildman–Crippen LogP) is 4.78. The van der Waals surface area contributed by atoms with Crippen molar-refractivity contribution >= 4 is 27.7 Å². The lowest BCUT2D eigenvalue weighted by atomic mass is 9.68. The standard InChI is InChI=1S/C22H24BrNO3/c1-5-9-27-21(26)18-13(2)24-16-11-22(3,4)12-17(25)20(16)19(18)14-7-6-8-15(23)10-14/h5-8,10,19,24H,1,9,11-12H2,2-4H3/t19-/m1/s1. The Morgan fingerprint density at radius 3 is 2.81 bits per heavy atom. The van der Waals surface area contributed by atoms with E-state index in [-0.39, 0.29) is 17.8 Å². The highest BCUT2D eigenvalue weighted by Gasteiger charge is 2.43. The van der Waals surface area contributed by atoms with Crippen molar-refractivity contribution in [2.24, 2.45) is 5.41 Å². The molecule has 2 aliphatic rings. The second-order valence-corrected chi connectivity index (χ2v) is 8.79. The molecule has 1 aliphatic carbocycles. The van der Waals surface area contributed by atoms with Crippen molar-refractivity contribution in [3.05, 3.63) is 69.5 Å². The summed E-state index contributed by atoms with van der Waals surface area (Å²) in [5, 5.41) is 3.33. The SMILES string of the molecule is C=CCOC(=O)C1=C(C)NC2=C(C(=O)CC(C)(C)C2)[C@@H]1c1cccc(Br)c1. The third-order valence-corrected chi connectivity index (χ3v) is 5.47. The lowest BCUT2D eigenvalue weighted by Crippen LogP contribution is -2.38. The van der Waals surface area contributed by atoms with E-state index in [2.05, 4.69) is 41.7 Å². The minimum absolute atomic E-state index is 0.0836. The number of ether oxygens (including phenoxy) is 1. The molecule has 1 atom stereocenters. The van der Waals surface area contributed by atoms with Crippen LogP contribution in [0.5, 0.6) is 0 Å². The van der Waals surface area contributed by atoms with Gasteiger partial charge in [0.05, 0.1) is 5.57 Å². The first kappa shape index (κ1) is 19.6. The summed E-state index contributed by atoms with van der Waals surface area (Å²) in [4.78, 5) is 25.9. The van der Waals surface area contributed by atoms with Crippen molar-refractivity contribution in [1.82, 2.24) is 5.32 Å². The molecule has 1 aromatic carbocycles. The highest BCUT2D eigenvalue weighted by molar-refractivity contribution is 9.10. The number of hydrogen-bond donors (Lipinski definition) is 1. The second-order valence-electron chi connectivity index (χ2n) is 7.87. The summed E-state index contributed by atoms with van der Waals surface area (Å²) >= 11 is 3.50. The lowest BCUT2D eigenvalue weighted by Gasteiger charge is -2.39. The van der Waals surface area contributed by atoms with E-state index >= 15 is 0 Å². The van der Waals surface area contributed by atoms with Gasteiger partial charge in [-0.15, -0.1) is 0 Å². The van der Waals surface area contributed by atoms with Gasteiger partial charge in [0.15, 0.2) is 5.78 Å². The quantitative estimate of drug-likeness (QED) is 0.552. The molecule has 0 aromatic heterocycles. The van der Waals surface area contributed by atoms with Gasteiger partial charge in [-0.1, -0.05) is 54.6 Å². The van der Waals surface area contributed by atoms with Crippen LogP contribution in [0.3, 0.4) is 0 Å². The highest BCUT2D eigenvalue weighted by atomic mass is 79.9. The number of nitrogens with one attached hydrogen (secondary N) is 1. The first-order valence-electron chi connectivity index (χ1n) is 9.01. The number of benzene rings is 1. The Kier molecular flexibility index (Phi) is 5.43. The minimum atomic E-state index is -0.431. The van der Waals surface area contributed by atoms with Crippen molar-refractivity contribution in [2.45, 2.75) is 39.5 Å². The molecular weight excluding hydrogens is 406 g/mol. The van der Waals surface area contributed by atoms with Gasteiger partial charge in [0.25, 0.3) is 0 Å². The molecule has 0 unspecified atom stereocenters. The average molecular weight is 430 g/mol. The predicted molar refractivity (Wildman–Crippen MR) is 109 cm³/mol. The zero-order valence-corrected chi connectivity index (χ0v) is 17.5. The molecule has 0 amide bonds. The van der Waals surface area contributed by atoms with Crippen molar-refractivity contribution in [3.63, 3.8) is 0 Å². The van der Waals surface area contributed by atoms with E-state index in [9.17, 15) is 9.59 Å². The van der Waals surface area contributed by atoms with Crippen LogP contribution in [-0.2, 0) is 14.3 Å². The Labute approximate surface area is 168 Å². The molecule has 1 heterocycles. The van der Waals surface area contributed by atoms with E-state index in [0.717, 1.165) is 27.9 Å². The first-order chi connectivity index (χ1) is 12.7. The molecule has 0 spiro atoms. The number of rotatable bonds is 4. The smallest absolute Gasteiger partial charge is 0.337 e. The molecule has 0 bridgehead atoms. The fourth-order valence-electron chi connectivity index (χ4n) is 3.94. The van der Waals surface area contributed by atoms with Crippen LogP contribution < -0.4 is 5.32 Å². The van der Waals surface area contributed by atoms with Crippen LogP contribution in [0.15, 0.2) is 63.9 Å². The van der Waals surface area contributed by atoms with Gasteiger partial charge in [0.2, 0.25) is 0 Å². The average Bonchev–Trinajstić information content (AvgIpc) is 2.57. The van der Waals surface area contributed by atoms with E-state index in [1.54, 1.807) is 0 Å². The Bertz CT molecular complexity index is 879. The van der Waals surface area contributed by atoms with Crippen LogP contribution in [-0.4, -0.2) is 18.4 Å². The number of carbonyl (C=O) groups excluding carboxylic acids is 2. The molecule has 27 heavy (non-hydrogen) atoms. The Morgan fingerprint density at radius 2 is 2.15 bits per heavy atom. The van der Waals surface area contributed by atoms with Gasteiger partial charge in [-0.25, -0.2) is 4.79 Å². The zero-order valence-electron chi connectivity index (χ0n) is 15.9. The summed E-state index contributed by atoms with van der Waals surface area (Å²) in [5.74, 6) is -0.769. The van der Waals surface area contributed by atoms with Crippen LogP contribution >= 0.6 is 15.9 Å². The molecule has 1 N–H and O–H groups in total. The van der Waals surface area contributed by atoms with Crippen molar-refractivity contribution in [2.75, 3.05) is 6.61 Å². The van der Waals surface area contributed by atoms with Crippen LogP contribution in [0.1, 0.15) is 45.1 Å². The molecule has 1 aromatic rings. The molecule has 1 aliphatic heterocycles. The maximum atomic E-state index is 13.1. The van der Waals surface area contributed by atoms with Crippen molar-refractivity contribution in [1.29, 1.82) is 0 Å². The molecule has 0 saturated carbocycles. The number of carbonyl (C=O) groups is 2. The number of Topliss-reactive ketones (excluding diaryl/α,β-unsaturated/α-hetero) is 1. The molecule has 142 valence electrons. The number of dihydropyridines is 1. The number of ketones is 1. The maximum Gasteiger partial charge on any atom is 0.337 e. The van der Waals surface area contributed by atoms with Gasteiger partial charge >= 0.3 is 5.97 Å². The summed E-state index contributed by atoms with van der Waals surface area (Å²) in [7, 11) is 0. The molecule has 0 radical (unpaired) electrons. The summed E-state index contributed by atoms with van der Waals surface area (Å²) in [6.45, 7) is 9.79. The maximum absolute atomic E-state index is 13.1. The van der Waals surface area contributed by atoms with E-state index in [1.165, 1.54) is 6.08 Å². The number of allylic oxidation sites excluding steroid dienone is 3. The third kappa shape index (κ3) is 3.93. The summed E-state index contributed by atoms with van der Waals surface area (Å²) in [6, 6.07) is 7.76. The minimum Gasteiger partial charge on any atom is -0.458 e. The van der Waals surface area contributed by atoms with Crippen LogP contribution in [0, 0.1) is 5.41 Å². The largest absolute Gasteiger partial charge is 0.458 e. The van der Waals surface area contributed by atoms with Crippen LogP contribution in [0.2, 0.25) is 0 Å². The van der Waals surface area contributed by atoms with Gasteiger partial charge in [0, 0.05) is 33.8 Å². The Balaban J connectivity index is 2.15. The summed E-state index contributed by atoms with van der Waals surface area (Å²) in [6.07, 6.45) is 2.77. The van der Waals surface area contributed by atoms with E-state index in [1.807, 2.05) is 31.2 Å². The van der Waals surface area contributed by atoms with E-state index in [0.29, 0.717) is 17.6 Å². The van der Waals surface area contributed by atoms with Crippen molar-refractivity contribution < 1.29 is 14.3 Å². The molecule has 3 rings (SSSR count). The van der Waals surface area contributed by atoms with Crippen molar-refractivity contribution in [3.8, 4) is 0 Å². The van der Waals surface area contributed by atoms with Gasteiger partial charge in [-0.05, 0) is 36.5 Å². The molecule has 4 nitrogen and oxygen atoms in total. The number of hydrogen-bond acceptors (Lipinski definition) is 4. The van der Waals surface area contributed by atoms with E-state index in [4.69, 9.17) is 4.74 Å². The van der Waals surface area contributed by atoms with Gasteiger partial charge < -0.3 is 10.1 Å². The third-order valence-electron chi connectivity index (χ3n) is 4.97. The van der Waals surface area contributed by atoms with Gasteiger partial charge in [0.1, 0.15) is 6.61 Å². The Hall–Kier alpha value is -2.14. The number of esters is 1. The van der Waals surface area contributed by atoms with Gasteiger partial charge in [-0.2, -0.15) is 0 Å². The topological polar surface area (TPSA) is 55.4 Å². The highest BCUT2D eigenvalue weighted by Crippen LogP contribution is 2.47. The molecular formula is C22H24BrNO3. The first-order valence-corrected chi connectivity index (χ1v) is 9.80. The van der Waals surface area contributed by atoms with Crippen LogP contribution in [0.25, 0.3) is 0 Å². The van der Waals surface area contributed by atoms with Gasteiger partial charge in [-0.3, -0.25) is 4.79 Å². The fourth-order valence-corrected chi connectivity index (χ4v) is 4.36. The fraction of sp³-hybridized carbons (Fsp3) is 0.364. The molecule has 0 fully saturated rings. The second kappa shape index (κ2) is 7.47.